The summed E-state index contributed by atoms with van der Waals surface area (Å²) >= 11 is 0. The number of allylic oxidation sites excluding steroid dienone is 5. The van der Waals surface area contributed by atoms with Crippen LogP contribution in [0.1, 0.15) is 39.0 Å². The van der Waals surface area contributed by atoms with Crippen molar-refractivity contribution < 1.29 is 9.59 Å². The molecule has 1 saturated heterocycles. The number of ketones is 2. The van der Waals surface area contributed by atoms with E-state index in [0.29, 0.717) is 30.3 Å². The number of hydrogen-bond donors (Lipinski definition) is 0. The normalized spacial score (nSPS) is 35.2. The van der Waals surface area contributed by atoms with Crippen LogP contribution in [0.4, 0.5) is 0 Å². The van der Waals surface area contributed by atoms with Gasteiger partial charge in [0.15, 0.2) is 11.6 Å². The van der Waals surface area contributed by atoms with Crippen LogP contribution in [0.25, 0.3) is 0 Å². The number of Topliss-reactive ketones (excluding diaryl/α,β-unsaturated/α-hetero) is 2. The summed E-state index contributed by atoms with van der Waals surface area (Å²) in [5, 5.41) is 0. The first-order valence-electron chi connectivity index (χ1n) is 8.11. The minimum atomic E-state index is 0.0766. The number of piperidine rings is 1. The van der Waals surface area contributed by atoms with Gasteiger partial charge in [0.05, 0.1) is 11.6 Å². The highest BCUT2D eigenvalue weighted by molar-refractivity contribution is 6.21. The number of carbonyl (C=O) groups excluding carboxylic acids is 2. The molecule has 3 heteroatoms. The Hall–Kier alpha value is -1.64. The first-order chi connectivity index (χ1) is 10.2. The minimum Gasteiger partial charge on any atom is -0.367 e. The summed E-state index contributed by atoms with van der Waals surface area (Å²) in [4.78, 5) is 27.0. The van der Waals surface area contributed by atoms with Crippen LogP contribution in [0, 0.1) is 11.8 Å². The molecule has 0 aromatic rings. The largest absolute Gasteiger partial charge is 0.367 e. The first kappa shape index (κ1) is 13.1. The van der Waals surface area contributed by atoms with Crippen molar-refractivity contribution in [2.45, 2.75) is 45.1 Å². The standard InChI is InChI=1S/C18H21NO2/c1-11-4-2-5-13-12(11)8-9-19-14-6-3-7-16(20)18(14)17(21)10-15(13)19/h2,4-5,11-12,15H,3,6-10H2,1H3. The highest BCUT2D eigenvalue weighted by Gasteiger charge is 2.44. The van der Waals surface area contributed by atoms with Crippen molar-refractivity contribution in [1.29, 1.82) is 0 Å². The van der Waals surface area contributed by atoms with E-state index in [-0.39, 0.29) is 17.6 Å². The van der Waals surface area contributed by atoms with E-state index >= 15 is 0 Å². The van der Waals surface area contributed by atoms with E-state index in [2.05, 4.69) is 30.1 Å². The van der Waals surface area contributed by atoms with Gasteiger partial charge in [0.25, 0.3) is 0 Å². The van der Waals surface area contributed by atoms with Gasteiger partial charge in [-0.1, -0.05) is 25.2 Å². The average Bonchev–Trinajstić information content (AvgIpc) is 2.47. The quantitative estimate of drug-likeness (QED) is 0.642. The van der Waals surface area contributed by atoms with Gasteiger partial charge in [0.1, 0.15) is 0 Å². The van der Waals surface area contributed by atoms with Gasteiger partial charge in [-0.3, -0.25) is 9.59 Å². The molecule has 0 radical (unpaired) electrons. The van der Waals surface area contributed by atoms with Crippen LogP contribution in [0.3, 0.4) is 0 Å². The Kier molecular flexibility index (Phi) is 2.91. The summed E-state index contributed by atoms with van der Waals surface area (Å²) < 4.78 is 0. The van der Waals surface area contributed by atoms with Gasteiger partial charge in [0, 0.05) is 25.1 Å². The van der Waals surface area contributed by atoms with Crippen molar-refractivity contribution in [3.63, 3.8) is 0 Å². The summed E-state index contributed by atoms with van der Waals surface area (Å²) in [6.07, 6.45) is 10.6. The fourth-order valence-corrected chi connectivity index (χ4v) is 4.56. The molecule has 0 bridgehead atoms. The van der Waals surface area contributed by atoms with Crippen molar-refractivity contribution in [3.8, 4) is 0 Å². The molecule has 3 atom stereocenters. The van der Waals surface area contributed by atoms with Crippen LogP contribution in [-0.4, -0.2) is 29.1 Å². The molecule has 4 aliphatic rings. The minimum absolute atomic E-state index is 0.0766. The second-order valence-electron chi connectivity index (χ2n) is 6.74. The van der Waals surface area contributed by atoms with Crippen LogP contribution in [0.5, 0.6) is 0 Å². The Balaban J connectivity index is 1.77. The topological polar surface area (TPSA) is 37.4 Å². The predicted molar refractivity (Wildman–Crippen MR) is 80.5 cm³/mol. The second kappa shape index (κ2) is 4.69. The van der Waals surface area contributed by atoms with Gasteiger partial charge in [-0.2, -0.15) is 0 Å². The van der Waals surface area contributed by atoms with E-state index in [1.54, 1.807) is 0 Å². The molecule has 3 nitrogen and oxygen atoms in total. The lowest BCUT2D eigenvalue weighted by Crippen LogP contribution is -2.51. The highest BCUT2D eigenvalue weighted by atomic mass is 16.1. The Bertz CT molecular complexity index is 611. The predicted octanol–water partition coefficient (Wildman–Crippen LogP) is 2.79. The monoisotopic (exact) mass is 283 g/mol. The molecule has 110 valence electrons. The van der Waals surface area contributed by atoms with Gasteiger partial charge in [-0.05, 0) is 36.7 Å². The molecule has 0 aromatic heterocycles. The van der Waals surface area contributed by atoms with Gasteiger partial charge in [-0.25, -0.2) is 0 Å². The molecule has 0 N–H and O–H groups in total. The molecule has 0 amide bonds. The Labute approximate surface area is 125 Å². The molecule has 3 unspecified atom stereocenters. The van der Waals surface area contributed by atoms with Gasteiger partial charge < -0.3 is 4.90 Å². The van der Waals surface area contributed by atoms with E-state index in [0.717, 1.165) is 31.5 Å². The van der Waals surface area contributed by atoms with E-state index in [1.807, 2.05) is 0 Å². The zero-order chi connectivity index (χ0) is 14.6. The van der Waals surface area contributed by atoms with Crippen LogP contribution in [0.2, 0.25) is 0 Å². The first-order valence-corrected chi connectivity index (χ1v) is 8.11. The number of nitrogens with zero attached hydrogens (tertiary/aromatic N) is 1. The molecule has 21 heavy (non-hydrogen) atoms. The molecular weight excluding hydrogens is 262 g/mol. The number of hydrogen-bond acceptors (Lipinski definition) is 3. The van der Waals surface area contributed by atoms with Crippen molar-refractivity contribution in [2.24, 2.45) is 11.8 Å². The molecule has 2 aliphatic heterocycles. The number of fused-ring (bicyclic) bond motifs is 4. The summed E-state index contributed by atoms with van der Waals surface area (Å²) in [6.45, 7) is 3.26. The summed E-state index contributed by atoms with van der Waals surface area (Å²) in [7, 11) is 0. The van der Waals surface area contributed by atoms with E-state index < -0.39 is 0 Å². The third kappa shape index (κ3) is 1.86. The molecule has 2 heterocycles. The lowest BCUT2D eigenvalue weighted by atomic mass is 9.71. The zero-order valence-corrected chi connectivity index (χ0v) is 12.5. The maximum Gasteiger partial charge on any atom is 0.170 e. The highest BCUT2D eigenvalue weighted by Crippen LogP contribution is 2.44. The molecule has 2 aliphatic carbocycles. The maximum atomic E-state index is 12.5. The Morgan fingerprint density at radius 1 is 1.19 bits per heavy atom. The van der Waals surface area contributed by atoms with Gasteiger partial charge in [0.2, 0.25) is 0 Å². The summed E-state index contributed by atoms with van der Waals surface area (Å²) in [6, 6.07) is 0.202. The Morgan fingerprint density at radius 2 is 2.05 bits per heavy atom. The van der Waals surface area contributed by atoms with Crippen LogP contribution >= 0.6 is 0 Å². The lowest BCUT2D eigenvalue weighted by Gasteiger charge is -2.49. The molecule has 0 saturated carbocycles. The smallest absolute Gasteiger partial charge is 0.170 e. The van der Waals surface area contributed by atoms with Crippen molar-refractivity contribution in [1.82, 2.24) is 4.90 Å². The second-order valence-corrected chi connectivity index (χ2v) is 6.74. The molecule has 0 aromatic carbocycles. The van der Waals surface area contributed by atoms with Crippen LogP contribution < -0.4 is 0 Å². The number of carbonyl (C=O) groups is 2. The SMILES string of the molecule is CC1C=CC=C2C1CCN1C3=C(C(=O)CCC3)C(=O)CC21. The lowest BCUT2D eigenvalue weighted by molar-refractivity contribution is -0.124. The van der Waals surface area contributed by atoms with Crippen molar-refractivity contribution in [3.05, 3.63) is 35.1 Å². The number of rotatable bonds is 0. The van der Waals surface area contributed by atoms with E-state index in [9.17, 15) is 9.59 Å². The Morgan fingerprint density at radius 3 is 2.90 bits per heavy atom. The van der Waals surface area contributed by atoms with Crippen LogP contribution in [0.15, 0.2) is 35.1 Å². The fourth-order valence-electron chi connectivity index (χ4n) is 4.56. The summed E-state index contributed by atoms with van der Waals surface area (Å²) in [5.74, 6) is 1.29. The van der Waals surface area contributed by atoms with Crippen LogP contribution in [-0.2, 0) is 9.59 Å². The zero-order valence-electron chi connectivity index (χ0n) is 12.5. The summed E-state index contributed by atoms with van der Waals surface area (Å²) in [5.41, 5.74) is 3.00. The van der Waals surface area contributed by atoms with Crippen molar-refractivity contribution >= 4 is 11.6 Å². The van der Waals surface area contributed by atoms with E-state index in [4.69, 9.17) is 0 Å². The molecular formula is C18H21NO2. The molecule has 4 rings (SSSR count). The average molecular weight is 283 g/mol. The molecule has 0 spiro atoms. The van der Waals surface area contributed by atoms with Gasteiger partial charge >= 0.3 is 0 Å². The van der Waals surface area contributed by atoms with Crippen molar-refractivity contribution in [2.75, 3.05) is 6.54 Å². The fraction of sp³-hybridized carbons (Fsp3) is 0.556. The van der Waals surface area contributed by atoms with E-state index in [1.165, 1.54) is 5.57 Å². The molecule has 1 fully saturated rings. The maximum absolute atomic E-state index is 12.5. The third-order valence-electron chi connectivity index (χ3n) is 5.60. The third-order valence-corrected chi connectivity index (χ3v) is 5.60. The van der Waals surface area contributed by atoms with Gasteiger partial charge in [-0.15, -0.1) is 0 Å².